The Morgan fingerprint density at radius 3 is 2.63 bits per heavy atom. The van der Waals surface area contributed by atoms with Gasteiger partial charge in [-0.25, -0.2) is 13.8 Å². The summed E-state index contributed by atoms with van der Waals surface area (Å²) in [5.41, 5.74) is 2.30. The van der Waals surface area contributed by atoms with Crippen LogP contribution in [0.5, 0.6) is 0 Å². The predicted octanol–water partition coefficient (Wildman–Crippen LogP) is 2.83. The lowest BCUT2D eigenvalue weighted by Crippen LogP contribution is -2.36. The summed E-state index contributed by atoms with van der Waals surface area (Å²) in [6.45, 7) is 1.79. The van der Waals surface area contributed by atoms with Crippen molar-refractivity contribution in [2.24, 2.45) is 11.0 Å². The van der Waals surface area contributed by atoms with Gasteiger partial charge in [0, 0.05) is 18.0 Å². The van der Waals surface area contributed by atoms with Crippen molar-refractivity contribution < 1.29 is 17.6 Å². The number of nitrogens with one attached hydrogen (secondary N) is 1. The molecule has 1 aromatic heterocycles. The number of carbonyl (C=O) groups is 1. The zero-order valence-corrected chi connectivity index (χ0v) is 16.5. The molecule has 1 saturated carbocycles. The minimum Gasteiger partial charge on any atom is -0.460 e. The number of likely N-dealkylation sites (N-methyl/N-ethyl adjacent to an activating group) is 1. The number of furan rings is 1. The van der Waals surface area contributed by atoms with E-state index >= 15 is 0 Å². The van der Waals surface area contributed by atoms with Gasteiger partial charge in [0.2, 0.25) is 10.0 Å². The molecule has 3 rings (SSSR count). The molecule has 2 aromatic rings. The average Bonchev–Trinajstić information content (AvgIpc) is 3.16. The maximum Gasteiger partial charge on any atom is 0.255 e. The highest BCUT2D eigenvalue weighted by atomic mass is 35.5. The van der Waals surface area contributed by atoms with E-state index in [1.807, 2.05) is 6.07 Å². The number of rotatable bonds is 7. The Hall–Kier alpha value is -2.16. The van der Waals surface area contributed by atoms with E-state index in [0.29, 0.717) is 22.6 Å². The van der Waals surface area contributed by atoms with Crippen LogP contribution >= 0.6 is 11.6 Å². The van der Waals surface area contributed by atoms with Gasteiger partial charge in [-0.3, -0.25) is 4.79 Å². The monoisotopic (exact) mass is 409 g/mol. The molecule has 7 nitrogen and oxygen atoms in total. The molecule has 1 fully saturated rings. The first-order chi connectivity index (χ1) is 12.8. The SMILES string of the molecule is C[C@@H]1C[C@H]1c1ccc(/C=N\NC(=O)CN(C)S(=O)(=O)c2ccc(Cl)cc2)o1. The van der Waals surface area contributed by atoms with E-state index in [0.717, 1.165) is 16.5 Å². The molecule has 0 saturated heterocycles. The summed E-state index contributed by atoms with van der Waals surface area (Å²) in [5.74, 6) is 2.00. The van der Waals surface area contributed by atoms with Crippen molar-refractivity contribution in [3.05, 3.63) is 52.9 Å². The number of amides is 1. The van der Waals surface area contributed by atoms with Gasteiger partial charge in [0.25, 0.3) is 5.91 Å². The molecule has 1 aliphatic rings. The number of carbonyl (C=O) groups excluding carboxylic acids is 1. The van der Waals surface area contributed by atoms with Crippen LogP contribution in [-0.2, 0) is 14.8 Å². The molecule has 1 N–H and O–H groups in total. The van der Waals surface area contributed by atoms with Crippen LogP contribution in [0.4, 0.5) is 0 Å². The minimum absolute atomic E-state index is 0.0584. The molecule has 9 heteroatoms. The molecule has 0 spiro atoms. The Morgan fingerprint density at radius 2 is 2.00 bits per heavy atom. The standard InChI is InChI=1S/C18H20ClN3O4S/c1-12-9-16(12)17-8-5-14(26-17)10-20-21-18(23)11-22(2)27(24,25)15-6-3-13(19)4-7-15/h3-8,10,12,16H,9,11H2,1-2H3,(H,21,23)/b20-10-/t12-,16-/m1/s1. The Labute approximate surface area is 163 Å². The molecule has 0 radical (unpaired) electrons. The van der Waals surface area contributed by atoms with Crippen LogP contribution in [0.3, 0.4) is 0 Å². The minimum atomic E-state index is -3.79. The van der Waals surface area contributed by atoms with Gasteiger partial charge in [-0.1, -0.05) is 18.5 Å². The Bertz CT molecular complexity index is 953. The summed E-state index contributed by atoms with van der Waals surface area (Å²) in [4.78, 5) is 12.0. The molecule has 2 atom stereocenters. The van der Waals surface area contributed by atoms with Gasteiger partial charge >= 0.3 is 0 Å². The van der Waals surface area contributed by atoms with Gasteiger partial charge < -0.3 is 4.42 Å². The van der Waals surface area contributed by atoms with Crippen LogP contribution in [0.15, 0.2) is 50.8 Å². The molecule has 0 unspecified atom stereocenters. The quantitative estimate of drug-likeness (QED) is 0.562. The van der Waals surface area contributed by atoms with Crippen molar-refractivity contribution in [2.45, 2.75) is 24.2 Å². The summed E-state index contributed by atoms with van der Waals surface area (Å²) in [5, 5.41) is 4.25. The second-order valence-electron chi connectivity index (χ2n) is 6.57. The highest BCUT2D eigenvalue weighted by molar-refractivity contribution is 7.89. The zero-order chi connectivity index (χ0) is 19.6. The van der Waals surface area contributed by atoms with Crippen molar-refractivity contribution in [1.82, 2.24) is 9.73 Å². The van der Waals surface area contributed by atoms with E-state index < -0.39 is 15.9 Å². The van der Waals surface area contributed by atoms with Crippen LogP contribution in [0.1, 0.15) is 30.8 Å². The molecule has 0 aliphatic heterocycles. The van der Waals surface area contributed by atoms with E-state index in [1.165, 1.54) is 37.5 Å². The Morgan fingerprint density at radius 1 is 1.33 bits per heavy atom. The maximum atomic E-state index is 12.4. The number of hydrogen-bond donors (Lipinski definition) is 1. The Balaban J connectivity index is 1.53. The molecule has 144 valence electrons. The third-order valence-corrected chi connectivity index (χ3v) is 6.46. The van der Waals surface area contributed by atoms with Gasteiger partial charge in [-0.05, 0) is 48.7 Å². The van der Waals surface area contributed by atoms with Crippen LogP contribution in [0, 0.1) is 5.92 Å². The lowest BCUT2D eigenvalue weighted by molar-refractivity contribution is -0.121. The van der Waals surface area contributed by atoms with Crippen LogP contribution in [0.2, 0.25) is 5.02 Å². The van der Waals surface area contributed by atoms with Crippen molar-refractivity contribution >= 4 is 33.7 Å². The van der Waals surface area contributed by atoms with E-state index in [2.05, 4.69) is 17.5 Å². The summed E-state index contributed by atoms with van der Waals surface area (Å²) < 4.78 is 31.4. The normalized spacial score (nSPS) is 19.6. The lowest BCUT2D eigenvalue weighted by Gasteiger charge is -2.16. The van der Waals surface area contributed by atoms with Crippen LogP contribution in [0.25, 0.3) is 0 Å². The number of halogens is 1. The highest BCUT2D eigenvalue weighted by Gasteiger charge is 2.36. The summed E-state index contributed by atoms with van der Waals surface area (Å²) in [6, 6.07) is 9.43. The number of nitrogens with zero attached hydrogens (tertiary/aromatic N) is 2. The highest BCUT2D eigenvalue weighted by Crippen LogP contribution is 2.47. The smallest absolute Gasteiger partial charge is 0.255 e. The number of hydrogen-bond acceptors (Lipinski definition) is 5. The van der Waals surface area contributed by atoms with E-state index in [9.17, 15) is 13.2 Å². The number of hydrazone groups is 1. The number of sulfonamides is 1. The fraction of sp³-hybridized carbons (Fsp3) is 0.333. The fourth-order valence-corrected chi connectivity index (χ4v) is 3.89. The van der Waals surface area contributed by atoms with E-state index in [4.69, 9.17) is 16.0 Å². The second kappa shape index (κ2) is 7.84. The molecule has 0 bridgehead atoms. The zero-order valence-electron chi connectivity index (χ0n) is 14.9. The summed E-state index contributed by atoms with van der Waals surface area (Å²) in [6.07, 6.45) is 2.51. The van der Waals surface area contributed by atoms with Crippen molar-refractivity contribution in [1.29, 1.82) is 0 Å². The maximum absolute atomic E-state index is 12.4. The fourth-order valence-electron chi connectivity index (χ4n) is 2.63. The topological polar surface area (TPSA) is 92.0 Å². The van der Waals surface area contributed by atoms with E-state index in [1.54, 1.807) is 6.07 Å². The molecule has 1 heterocycles. The third-order valence-electron chi connectivity index (χ3n) is 4.39. The van der Waals surface area contributed by atoms with Crippen molar-refractivity contribution in [2.75, 3.05) is 13.6 Å². The van der Waals surface area contributed by atoms with Crippen LogP contribution in [-0.4, -0.2) is 38.4 Å². The molecule has 1 aliphatic carbocycles. The van der Waals surface area contributed by atoms with Gasteiger partial charge in [0.05, 0.1) is 17.7 Å². The van der Waals surface area contributed by atoms with Gasteiger partial charge in [-0.2, -0.15) is 9.41 Å². The average molecular weight is 410 g/mol. The second-order valence-corrected chi connectivity index (χ2v) is 9.05. The first-order valence-corrected chi connectivity index (χ1v) is 10.2. The van der Waals surface area contributed by atoms with Gasteiger partial charge in [-0.15, -0.1) is 0 Å². The summed E-state index contributed by atoms with van der Waals surface area (Å²) >= 11 is 5.77. The van der Waals surface area contributed by atoms with Gasteiger partial charge in [0.15, 0.2) is 0 Å². The molecular weight excluding hydrogens is 390 g/mol. The predicted molar refractivity (Wildman–Crippen MR) is 102 cm³/mol. The number of benzene rings is 1. The first-order valence-electron chi connectivity index (χ1n) is 8.41. The third kappa shape index (κ3) is 4.77. The molecule has 1 aromatic carbocycles. The van der Waals surface area contributed by atoms with Crippen molar-refractivity contribution in [3.8, 4) is 0 Å². The molecular formula is C18H20ClN3O4S. The van der Waals surface area contributed by atoms with Gasteiger partial charge in [0.1, 0.15) is 11.5 Å². The first kappa shape index (κ1) is 19.6. The lowest BCUT2D eigenvalue weighted by atomic mass is 10.3. The van der Waals surface area contributed by atoms with Crippen molar-refractivity contribution in [3.63, 3.8) is 0 Å². The summed E-state index contributed by atoms with van der Waals surface area (Å²) in [7, 11) is -2.47. The molecule has 1 amide bonds. The van der Waals surface area contributed by atoms with Crippen LogP contribution < -0.4 is 5.43 Å². The van der Waals surface area contributed by atoms with E-state index in [-0.39, 0.29) is 11.4 Å². The molecule has 27 heavy (non-hydrogen) atoms. The largest absolute Gasteiger partial charge is 0.460 e. The Kier molecular flexibility index (Phi) is 5.69.